The molecule has 0 aliphatic carbocycles. The molecule has 0 nitrogen and oxygen atoms in total. The first kappa shape index (κ1) is 9.66. The molecule has 0 aliphatic heterocycles. The summed E-state index contributed by atoms with van der Waals surface area (Å²) in [7, 11) is 0. The Morgan fingerprint density at radius 3 is 2.25 bits per heavy atom. The van der Waals surface area contributed by atoms with Crippen LogP contribution >= 0.6 is 11.8 Å². The Morgan fingerprint density at radius 1 is 1.25 bits per heavy atom. The van der Waals surface area contributed by atoms with Gasteiger partial charge >= 0.3 is 0 Å². The van der Waals surface area contributed by atoms with Crippen LogP contribution in [0.15, 0.2) is 24.3 Å². The van der Waals surface area contributed by atoms with Crippen LogP contribution in [-0.4, -0.2) is 6.26 Å². The van der Waals surface area contributed by atoms with Crippen LogP contribution in [0.4, 0.5) is 0 Å². The van der Waals surface area contributed by atoms with Gasteiger partial charge in [0.25, 0.3) is 0 Å². The van der Waals surface area contributed by atoms with Crippen molar-refractivity contribution in [3.63, 3.8) is 0 Å². The number of hydrogen-bond donors (Lipinski definition) is 0. The molecule has 1 unspecified atom stereocenters. The summed E-state index contributed by atoms with van der Waals surface area (Å²) in [4.78, 5) is 0. The van der Waals surface area contributed by atoms with Crippen LogP contribution in [0.2, 0.25) is 0 Å². The summed E-state index contributed by atoms with van der Waals surface area (Å²) in [6.45, 7) is 4.43. The van der Waals surface area contributed by atoms with Crippen LogP contribution in [0, 0.1) is 0 Å². The molecule has 0 N–H and O–H groups in total. The molecule has 1 atom stereocenters. The fraction of sp³-hybridized carbons (Fsp3) is 0.455. The van der Waals surface area contributed by atoms with Crippen LogP contribution in [0.25, 0.3) is 0 Å². The van der Waals surface area contributed by atoms with Gasteiger partial charge in [-0.1, -0.05) is 31.2 Å². The minimum Gasteiger partial charge on any atom is -0.158 e. The zero-order valence-corrected chi connectivity index (χ0v) is 8.82. The fourth-order valence-corrected chi connectivity index (χ4v) is 1.59. The highest BCUT2D eigenvalue weighted by Gasteiger charge is 2.01. The molecule has 0 radical (unpaired) electrons. The molecule has 0 fully saturated rings. The van der Waals surface area contributed by atoms with E-state index >= 15 is 0 Å². The summed E-state index contributed by atoms with van der Waals surface area (Å²) in [6.07, 6.45) is 3.28. The van der Waals surface area contributed by atoms with E-state index in [1.165, 1.54) is 11.1 Å². The molecule has 1 aromatic carbocycles. The maximum Gasteiger partial charge on any atom is 0.0266 e. The summed E-state index contributed by atoms with van der Waals surface area (Å²) in [5.41, 5.74) is 2.85. The molecule has 0 saturated heterocycles. The van der Waals surface area contributed by atoms with E-state index in [4.69, 9.17) is 0 Å². The highest BCUT2D eigenvalue weighted by atomic mass is 32.2. The molecule has 12 heavy (non-hydrogen) atoms. The summed E-state index contributed by atoms with van der Waals surface area (Å²) >= 11 is 1.89. The predicted octanol–water partition coefficient (Wildman–Crippen LogP) is 3.67. The monoisotopic (exact) mass is 180 g/mol. The number of thioether (sulfide) groups is 1. The average Bonchev–Trinajstić information content (AvgIpc) is 2.17. The third-order valence-electron chi connectivity index (χ3n) is 2.21. The second-order valence-electron chi connectivity index (χ2n) is 2.97. The van der Waals surface area contributed by atoms with E-state index in [1.807, 2.05) is 11.8 Å². The molecule has 0 spiro atoms. The largest absolute Gasteiger partial charge is 0.158 e. The van der Waals surface area contributed by atoms with Crippen LogP contribution < -0.4 is 0 Å². The van der Waals surface area contributed by atoms with Crippen molar-refractivity contribution in [3.05, 3.63) is 35.4 Å². The van der Waals surface area contributed by atoms with Gasteiger partial charge in [-0.05, 0) is 30.7 Å². The topological polar surface area (TPSA) is 0 Å². The lowest BCUT2D eigenvalue weighted by Gasteiger charge is -2.08. The van der Waals surface area contributed by atoms with Gasteiger partial charge in [0, 0.05) is 5.25 Å². The number of aryl methyl sites for hydroxylation is 1. The van der Waals surface area contributed by atoms with Gasteiger partial charge in [0.2, 0.25) is 0 Å². The molecule has 0 aliphatic rings. The number of hydrogen-bond acceptors (Lipinski definition) is 1. The van der Waals surface area contributed by atoms with Crippen molar-refractivity contribution < 1.29 is 0 Å². The molecule has 1 aromatic rings. The van der Waals surface area contributed by atoms with Crippen molar-refractivity contribution in [1.82, 2.24) is 0 Å². The second-order valence-corrected chi connectivity index (χ2v) is 4.15. The van der Waals surface area contributed by atoms with E-state index in [2.05, 4.69) is 44.4 Å². The Kier molecular flexibility index (Phi) is 3.67. The van der Waals surface area contributed by atoms with Gasteiger partial charge in [-0.15, -0.1) is 0 Å². The molecular weight excluding hydrogens is 164 g/mol. The summed E-state index contributed by atoms with van der Waals surface area (Å²) in [5.74, 6) is 0. The molecule has 0 amide bonds. The smallest absolute Gasteiger partial charge is 0.0266 e. The maximum absolute atomic E-state index is 2.24. The SMILES string of the molecule is CCc1ccc(C(C)SC)cc1. The first-order valence-corrected chi connectivity index (χ1v) is 5.68. The summed E-state index contributed by atoms with van der Waals surface area (Å²) in [5, 5.41) is 0.621. The normalized spacial score (nSPS) is 12.9. The van der Waals surface area contributed by atoms with Crippen LogP contribution in [0.5, 0.6) is 0 Å². The Hall–Kier alpha value is -0.430. The van der Waals surface area contributed by atoms with Crippen molar-refractivity contribution >= 4 is 11.8 Å². The maximum atomic E-state index is 2.24. The van der Waals surface area contributed by atoms with Crippen molar-refractivity contribution in [2.75, 3.05) is 6.26 Å². The Labute approximate surface area is 79.4 Å². The molecule has 0 bridgehead atoms. The van der Waals surface area contributed by atoms with Gasteiger partial charge in [-0.3, -0.25) is 0 Å². The van der Waals surface area contributed by atoms with E-state index in [0.29, 0.717) is 5.25 Å². The fourth-order valence-electron chi connectivity index (χ4n) is 1.16. The summed E-state index contributed by atoms with van der Waals surface area (Å²) < 4.78 is 0. The third-order valence-corrected chi connectivity index (χ3v) is 3.19. The second kappa shape index (κ2) is 4.56. The lowest BCUT2D eigenvalue weighted by molar-refractivity contribution is 1.08. The third kappa shape index (κ3) is 2.28. The van der Waals surface area contributed by atoms with E-state index in [1.54, 1.807) is 0 Å². The number of benzene rings is 1. The molecule has 0 saturated carbocycles. The van der Waals surface area contributed by atoms with Crippen LogP contribution in [0.3, 0.4) is 0 Å². The van der Waals surface area contributed by atoms with Gasteiger partial charge in [0.1, 0.15) is 0 Å². The van der Waals surface area contributed by atoms with E-state index in [9.17, 15) is 0 Å². The predicted molar refractivity (Wildman–Crippen MR) is 57.8 cm³/mol. The highest BCUT2D eigenvalue weighted by molar-refractivity contribution is 7.98. The zero-order chi connectivity index (χ0) is 8.97. The Bertz CT molecular complexity index is 225. The van der Waals surface area contributed by atoms with E-state index in [-0.39, 0.29) is 0 Å². The average molecular weight is 180 g/mol. The summed E-state index contributed by atoms with van der Waals surface area (Å²) in [6, 6.07) is 8.92. The molecule has 1 rings (SSSR count). The quantitative estimate of drug-likeness (QED) is 0.684. The number of rotatable bonds is 3. The Balaban J connectivity index is 2.77. The van der Waals surface area contributed by atoms with Crippen molar-refractivity contribution in [2.24, 2.45) is 0 Å². The molecule has 1 heteroatoms. The minimum absolute atomic E-state index is 0.621. The van der Waals surface area contributed by atoms with Crippen molar-refractivity contribution in [2.45, 2.75) is 25.5 Å². The van der Waals surface area contributed by atoms with Crippen LogP contribution in [-0.2, 0) is 6.42 Å². The van der Waals surface area contributed by atoms with E-state index < -0.39 is 0 Å². The van der Waals surface area contributed by atoms with Gasteiger partial charge in [0.05, 0.1) is 0 Å². The van der Waals surface area contributed by atoms with Crippen molar-refractivity contribution in [1.29, 1.82) is 0 Å². The zero-order valence-electron chi connectivity index (χ0n) is 8.00. The van der Waals surface area contributed by atoms with Crippen molar-refractivity contribution in [3.8, 4) is 0 Å². The first-order valence-electron chi connectivity index (χ1n) is 4.39. The molecular formula is C11H16S. The van der Waals surface area contributed by atoms with Gasteiger partial charge in [-0.25, -0.2) is 0 Å². The Morgan fingerprint density at radius 2 is 1.83 bits per heavy atom. The van der Waals surface area contributed by atoms with Gasteiger partial charge in [-0.2, -0.15) is 11.8 Å². The van der Waals surface area contributed by atoms with E-state index in [0.717, 1.165) is 6.42 Å². The molecule has 66 valence electrons. The minimum atomic E-state index is 0.621. The highest BCUT2D eigenvalue weighted by Crippen LogP contribution is 2.25. The standard InChI is InChI=1S/C11H16S/c1-4-10-5-7-11(8-6-10)9(2)12-3/h5-9H,4H2,1-3H3. The van der Waals surface area contributed by atoms with Gasteiger partial charge < -0.3 is 0 Å². The first-order chi connectivity index (χ1) is 5.77. The lowest BCUT2D eigenvalue weighted by Crippen LogP contribution is -1.87. The lowest BCUT2D eigenvalue weighted by atomic mass is 10.1. The van der Waals surface area contributed by atoms with Gasteiger partial charge in [0.15, 0.2) is 0 Å². The van der Waals surface area contributed by atoms with Crippen LogP contribution in [0.1, 0.15) is 30.2 Å². The molecule has 0 heterocycles. The molecule has 0 aromatic heterocycles.